The molecule has 0 saturated carbocycles. The van der Waals surface area contributed by atoms with Gasteiger partial charge in [-0.2, -0.15) is 0 Å². The van der Waals surface area contributed by atoms with E-state index < -0.39 is 0 Å². The molecule has 0 aliphatic rings. The number of ether oxygens (including phenoxy) is 1. The highest BCUT2D eigenvalue weighted by molar-refractivity contribution is 6.33. The molecule has 1 heterocycles. The van der Waals surface area contributed by atoms with Gasteiger partial charge in [0.25, 0.3) is 5.91 Å². The number of pyridine rings is 1. The normalized spacial score (nSPS) is 10.3. The van der Waals surface area contributed by atoms with Crippen molar-refractivity contribution in [2.45, 2.75) is 6.42 Å². The van der Waals surface area contributed by atoms with Gasteiger partial charge < -0.3 is 15.4 Å². The second-order valence-electron chi connectivity index (χ2n) is 5.85. The Morgan fingerprint density at radius 2 is 1.85 bits per heavy atom. The number of hydrogen-bond donors (Lipinski definition) is 2. The lowest BCUT2D eigenvalue weighted by atomic mass is 10.1. The van der Waals surface area contributed by atoms with Crippen molar-refractivity contribution in [3.8, 4) is 5.75 Å². The Balaban J connectivity index is 1.55. The Labute approximate surface area is 163 Å². The number of methoxy groups -OCH3 is 1. The van der Waals surface area contributed by atoms with Crippen LogP contribution in [0.15, 0.2) is 66.9 Å². The van der Waals surface area contributed by atoms with Gasteiger partial charge in [-0.05, 0) is 42.3 Å². The van der Waals surface area contributed by atoms with Crippen LogP contribution in [0.25, 0.3) is 0 Å². The third kappa shape index (κ3) is 4.99. The third-order valence-electron chi connectivity index (χ3n) is 4.03. The lowest BCUT2D eigenvalue weighted by Crippen LogP contribution is -2.14. The Hall–Kier alpha value is -3.05. The lowest BCUT2D eigenvalue weighted by molar-refractivity contribution is 0.102. The van der Waals surface area contributed by atoms with Crippen molar-refractivity contribution < 1.29 is 9.53 Å². The van der Waals surface area contributed by atoms with Crippen LogP contribution in [-0.2, 0) is 6.42 Å². The molecule has 0 atom stereocenters. The van der Waals surface area contributed by atoms with E-state index in [1.165, 1.54) is 0 Å². The van der Waals surface area contributed by atoms with Crippen molar-refractivity contribution in [2.24, 2.45) is 0 Å². The molecule has 2 aromatic carbocycles. The quantitative estimate of drug-likeness (QED) is 0.625. The van der Waals surface area contributed by atoms with Crippen molar-refractivity contribution in [3.05, 3.63) is 83.1 Å². The van der Waals surface area contributed by atoms with E-state index in [2.05, 4.69) is 15.6 Å². The average molecular weight is 382 g/mol. The number of carbonyl (C=O) groups excluding carboxylic acids is 1. The topological polar surface area (TPSA) is 63.2 Å². The second-order valence-corrected chi connectivity index (χ2v) is 6.26. The summed E-state index contributed by atoms with van der Waals surface area (Å²) >= 11 is 6.06. The van der Waals surface area contributed by atoms with Crippen molar-refractivity contribution in [2.75, 3.05) is 24.3 Å². The number of halogens is 1. The van der Waals surface area contributed by atoms with Crippen LogP contribution in [0.3, 0.4) is 0 Å². The van der Waals surface area contributed by atoms with E-state index in [0.717, 1.165) is 30.0 Å². The van der Waals surface area contributed by atoms with Gasteiger partial charge >= 0.3 is 0 Å². The van der Waals surface area contributed by atoms with Crippen molar-refractivity contribution in [1.82, 2.24) is 4.98 Å². The fraction of sp³-hybridized carbons (Fsp3) is 0.143. The van der Waals surface area contributed by atoms with Crippen LogP contribution < -0.4 is 15.4 Å². The summed E-state index contributed by atoms with van der Waals surface area (Å²) < 4.78 is 5.35. The van der Waals surface area contributed by atoms with Crippen molar-refractivity contribution >= 4 is 28.9 Å². The number of hydrogen-bond acceptors (Lipinski definition) is 4. The number of rotatable bonds is 7. The molecule has 0 aliphatic carbocycles. The van der Waals surface area contributed by atoms with Gasteiger partial charge in [0.15, 0.2) is 0 Å². The van der Waals surface area contributed by atoms with Gasteiger partial charge in [0.2, 0.25) is 0 Å². The fourth-order valence-corrected chi connectivity index (χ4v) is 2.82. The smallest absolute Gasteiger partial charge is 0.274 e. The Morgan fingerprint density at radius 3 is 2.59 bits per heavy atom. The summed E-state index contributed by atoms with van der Waals surface area (Å²) in [5.74, 6) is 0.577. The summed E-state index contributed by atoms with van der Waals surface area (Å²) in [6.07, 6.45) is 2.46. The summed E-state index contributed by atoms with van der Waals surface area (Å²) in [6, 6.07) is 18.5. The fourth-order valence-electron chi connectivity index (χ4n) is 2.63. The molecule has 0 unspecified atom stereocenters. The number of benzene rings is 2. The first-order valence-corrected chi connectivity index (χ1v) is 8.93. The van der Waals surface area contributed by atoms with Gasteiger partial charge in [-0.25, -0.2) is 4.98 Å². The van der Waals surface area contributed by atoms with E-state index in [1.54, 1.807) is 31.5 Å². The molecule has 27 heavy (non-hydrogen) atoms. The molecule has 0 radical (unpaired) electrons. The van der Waals surface area contributed by atoms with Gasteiger partial charge in [-0.15, -0.1) is 0 Å². The maximum Gasteiger partial charge on any atom is 0.274 e. The zero-order valence-electron chi connectivity index (χ0n) is 14.9. The van der Waals surface area contributed by atoms with Gasteiger partial charge in [-0.1, -0.05) is 41.9 Å². The number of anilines is 2. The molecule has 1 aromatic heterocycles. The number of carbonyl (C=O) groups is 1. The first kappa shape index (κ1) is 18.7. The monoisotopic (exact) mass is 381 g/mol. The lowest BCUT2D eigenvalue weighted by Gasteiger charge is -2.10. The summed E-state index contributed by atoms with van der Waals surface area (Å²) in [7, 11) is 1.67. The zero-order valence-corrected chi connectivity index (χ0v) is 15.7. The minimum absolute atomic E-state index is 0.302. The minimum atomic E-state index is -0.302. The SMILES string of the molecule is COc1ccccc1CCNc1ccc(C(=O)Nc2ccccc2Cl)nc1. The number of amides is 1. The number of nitrogens with zero attached hydrogens (tertiary/aromatic N) is 1. The molecule has 0 fully saturated rings. The molecule has 0 bridgehead atoms. The van der Waals surface area contributed by atoms with Gasteiger partial charge in [0, 0.05) is 6.54 Å². The highest BCUT2D eigenvalue weighted by Crippen LogP contribution is 2.21. The summed E-state index contributed by atoms with van der Waals surface area (Å²) in [5.41, 5.74) is 2.87. The largest absolute Gasteiger partial charge is 0.496 e. The van der Waals surface area contributed by atoms with E-state index in [-0.39, 0.29) is 5.91 Å². The molecule has 0 spiro atoms. The standard InChI is InChI=1S/C21H20ClN3O2/c1-27-20-9-5-2-6-15(20)12-13-23-16-10-11-19(24-14-16)21(26)25-18-8-4-3-7-17(18)22/h2-11,14,23H,12-13H2,1H3,(H,25,26). The van der Waals surface area contributed by atoms with Crippen LogP contribution in [0, 0.1) is 0 Å². The molecule has 6 heteroatoms. The Bertz CT molecular complexity index is 913. The third-order valence-corrected chi connectivity index (χ3v) is 4.36. The van der Waals surface area contributed by atoms with Crippen molar-refractivity contribution in [1.29, 1.82) is 0 Å². The van der Waals surface area contributed by atoms with E-state index in [1.807, 2.05) is 42.5 Å². The zero-order chi connectivity index (χ0) is 19.1. The molecule has 2 N–H and O–H groups in total. The van der Waals surface area contributed by atoms with Crippen LogP contribution in [0.2, 0.25) is 5.02 Å². The van der Waals surface area contributed by atoms with Crippen LogP contribution >= 0.6 is 11.6 Å². The van der Waals surface area contributed by atoms with E-state index in [9.17, 15) is 4.79 Å². The highest BCUT2D eigenvalue weighted by atomic mass is 35.5. The Kier molecular flexibility index (Phi) is 6.28. The molecule has 1 amide bonds. The first-order valence-electron chi connectivity index (χ1n) is 8.55. The number of aromatic nitrogens is 1. The van der Waals surface area contributed by atoms with Gasteiger partial charge in [0.1, 0.15) is 11.4 Å². The van der Waals surface area contributed by atoms with Crippen LogP contribution in [0.4, 0.5) is 11.4 Å². The summed E-state index contributed by atoms with van der Waals surface area (Å²) in [5, 5.41) is 6.54. The molecule has 0 saturated heterocycles. The maximum absolute atomic E-state index is 12.3. The summed E-state index contributed by atoms with van der Waals surface area (Å²) in [6.45, 7) is 0.729. The summed E-state index contributed by atoms with van der Waals surface area (Å²) in [4.78, 5) is 16.5. The van der Waals surface area contributed by atoms with Crippen LogP contribution in [-0.4, -0.2) is 24.5 Å². The van der Waals surface area contributed by atoms with E-state index >= 15 is 0 Å². The van der Waals surface area contributed by atoms with E-state index in [4.69, 9.17) is 16.3 Å². The average Bonchev–Trinajstić information content (AvgIpc) is 2.70. The predicted molar refractivity (Wildman–Crippen MR) is 109 cm³/mol. The molecular weight excluding hydrogens is 362 g/mol. The maximum atomic E-state index is 12.3. The van der Waals surface area contributed by atoms with E-state index in [0.29, 0.717) is 16.4 Å². The molecule has 138 valence electrons. The molecule has 0 aliphatic heterocycles. The van der Waals surface area contributed by atoms with Gasteiger partial charge in [-0.3, -0.25) is 4.79 Å². The Morgan fingerprint density at radius 1 is 1.07 bits per heavy atom. The molecule has 3 rings (SSSR count). The molecule has 5 nitrogen and oxygen atoms in total. The highest BCUT2D eigenvalue weighted by Gasteiger charge is 2.09. The van der Waals surface area contributed by atoms with Crippen LogP contribution in [0.5, 0.6) is 5.75 Å². The second kappa shape index (κ2) is 9.05. The van der Waals surface area contributed by atoms with Crippen molar-refractivity contribution in [3.63, 3.8) is 0 Å². The predicted octanol–water partition coefficient (Wildman–Crippen LogP) is 4.65. The van der Waals surface area contributed by atoms with Crippen LogP contribution in [0.1, 0.15) is 16.1 Å². The first-order chi connectivity index (χ1) is 13.2. The number of para-hydroxylation sites is 2. The number of nitrogens with one attached hydrogen (secondary N) is 2. The molecular formula is C21H20ClN3O2. The molecule has 3 aromatic rings. The minimum Gasteiger partial charge on any atom is -0.496 e. The van der Waals surface area contributed by atoms with Gasteiger partial charge in [0.05, 0.1) is 29.7 Å².